The summed E-state index contributed by atoms with van der Waals surface area (Å²) in [5, 5.41) is 9.63. The molecule has 352 valence electrons. The van der Waals surface area contributed by atoms with Gasteiger partial charge in [-0.25, -0.2) is 4.79 Å². The average molecular weight is 849 g/mol. The zero-order valence-corrected chi connectivity index (χ0v) is 40.2. The van der Waals surface area contributed by atoms with Gasteiger partial charge in [0.2, 0.25) is 0 Å². The minimum atomic E-state index is -0.880. The number of ether oxygens (including phenoxy) is 3. The maximum absolute atomic E-state index is 12.7. The molecule has 8 nitrogen and oxygen atoms in total. The zero-order chi connectivity index (χ0) is 44.2. The van der Waals surface area contributed by atoms with E-state index in [-0.39, 0.29) is 42.7 Å². The van der Waals surface area contributed by atoms with Crippen molar-refractivity contribution in [2.75, 3.05) is 41.0 Å². The number of aliphatic carboxylic acids is 1. The van der Waals surface area contributed by atoms with Gasteiger partial charge in [-0.15, -0.1) is 0 Å². The number of hydrogen-bond acceptors (Lipinski definition) is 6. The summed E-state index contributed by atoms with van der Waals surface area (Å²) in [6.07, 6.45) is 49.7. The van der Waals surface area contributed by atoms with Crippen LogP contribution in [0, 0.1) is 0 Å². The summed E-state index contributed by atoms with van der Waals surface area (Å²) in [7, 11) is 5.52. The molecule has 1 N–H and O–H groups in total. The van der Waals surface area contributed by atoms with E-state index in [0.717, 1.165) is 32.1 Å². The van der Waals surface area contributed by atoms with Crippen molar-refractivity contribution in [1.82, 2.24) is 0 Å². The highest BCUT2D eigenvalue weighted by molar-refractivity contribution is 5.72. The van der Waals surface area contributed by atoms with Crippen molar-refractivity contribution in [3.05, 3.63) is 24.3 Å². The topological polar surface area (TPSA) is 99.1 Å². The fourth-order valence-electron chi connectivity index (χ4n) is 7.68. The number of allylic oxidation sites excluding steroid dienone is 4. The van der Waals surface area contributed by atoms with E-state index in [0.29, 0.717) is 19.3 Å². The van der Waals surface area contributed by atoms with E-state index in [1.165, 1.54) is 167 Å². The van der Waals surface area contributed by atoms with Crippen LogP contribution in [0.4, 0.5) is 0 Å². The number of likely N-dealkylation sites (N-methyl/N-ethyl adjacent to an activating group) is 1. The van der Waals surface area contributed by atoms with Crippen molar-refractivity contribution in [2.24, 2.45) is 0 Å². The summed E-state index contributed by atoms with van der Waals surface area (Å²) in [6.45, 7) is 4.70. The Hall–Kier alpha value is -2.19. The number of unbranched alkanes of at least 4 members (excludes halogenated alkanes) is 28. The first kappa shape index (κ1) is 57.8. The summed E-state index contributed by atoms with van der Waals surface area (Å²) in [5.74, 6) is -1.54. The number of carbonyl (C=O) groups is 3. The molecule has 0 aromatic heterocycles. The number of carbonyl (C=O) groups excluding carboxylic acids is 2. The van der Waals surface area contributed by atoms with Gasteiger partial charge in [0.1, 0.15) is 6.61 Å². The number of carboxylic acids is 1. The molecule has 0 saturated heterocycles. The Balaban J connectivity index is 4.18. The van der Waals surface area contributed by atoms with E-state index in [1.807, 2.05) is 27.2 Å². The van der Waals surface area contributed by atoms with Crippen molar-refractivity contribution in [1.29, 1.82) is 0 Å². The molecule has 2 atom stereocenters. The number of carboxylic acid groups (broad SMARTS) is 1. The van der Waals surface area contributed by atoms with Gasteiger partial charge in [0.25, 0.3) is 0 Å². The normalized spacial score (nSPS) is 13.0. The Morgan fingerprint density at radius 2 is 0.917 bits per heavy atom. The molecule has 0 spiro atoms. The molecule has 0 aromatic rings. The number of nitrogens with zero attached hydrogens (tertiary/aromatic N) is 1. The second-order valence-electron chi connectivity index (χ2n) is 18.4. The highest BCUT2D eigenvalue weighted by Crippen LogP contribution is 2.16. The van der Waals surface area contributed by atoms with Gasteiger partial charge in [-0.1, -0.05) is 212 Å². The fraction of sp³-hybridized carbons (Fsp3) is 0.865. The smallest absolute Gasteiger partial charge is 0.362 e. The molecule has 0 aliphatic carbocycles. The van der Waals surface area contributed by atoms with Crippen LogP contribution in [0.2, 0.25) is 0 Å². The number of quaternary nitrogens is 1. The molecule has 0 amide bonds. The van der Waals surface area contributed by atoms with Gasteiger partial charge >= 0.3 is 17.9 Å². The van der Waals surface area contributed by atoms with Crippen molar-refractivity contribution in [2.45, 2.75) is 251 Å². The minimum absolute atomic E-state index is 0.0428. The SMILES string of the molecule is CCCCCCCC/C=C/C/C=C/CCC(=O)OC(COCCC(C(=O)O)[N+](C)(C)C)COC(=O)CCCCCCCCCCCCCCCCCCCCCCCCC. The van der Waals surface area contributed by atoms with Crippen molar-refractivity contribution in [3.8, 4) is 0 Å². The van der Waals surface area contributed by atoms with Crippen LogP contribution in [0.25, 0.3) is 0 Å². The third-order valence-corrected chi connectivity index (χ3v) is 11.6. The van der Waals surface area contributed by atoms with E-state index in [4.69, 9.17) is 14.2 Å². The Morgan fingerprint density at radius 1 is 0.500 bits per heavy atom. The Bertz CT molecular complexity index is 1040. The third kappa shape index (κ3) is 41.2. The first-order valence-electron chi connectivity index (χ1n) is 25.4. The largest absolute Gasteiger partial charge is 0.477 e. The second-order valence-corrected chi connectivity index (χ2v) is 18.4. The van der Waals surface area contributed by atoms with Gasteiger partial charge in [-0.3, -0.25) is 9.59 Å². The van der Waals surface area contributed by atoms with Crippen molar-refractivity contribution in [3.63, 3.8) is 0 Å². The van der Waals surface area contributed by atoms with Gasteiger partial charge in [0, 0.05) is 19.3 Å². The van der Waals surface area contributed by atoms with E-state index >= 15 is 0 Å². The molecule has 0 bridgehead atoms. The maximum Gasteiger partial charge on any atom is 0.362 e. The summed E-state index contributed by atoms with van der Waals surface area (Å²) in [6, 6.07) is -0.621. The molecule has 2 unspecified atom stereocenters. The Kier molecular flexibility index (Phi) is 41.9. The lowest BCUT2D eigenvalue weighted by Crippen LogP contribution is -2.50. The van der Waals surface area contributed by atoms with Crippen LogP contribution in [0.15, 0.2) is 24.3 Å². The first-order chi connectivity index (χ1) is 29.1. The zero-order valence-electron chi connectivity index (χ0n) is 40.2. The first-order valence-corrected chi connectivity index (χ1v) is 25.4. The van der Waals surface area contributed by atoms with E-state index in [1.54, 1.807) is 0 Å². The highest BCUT2D eigenvalue weighted by Gasteiger charge is 2.31. The monoisotopic (exact) mass is 849 g/mol. The molecular weight excluding hydrogens is 751 g/mol. The van der Waals surface area contributed by atoms with Crippen LogP contribution in [0.1, 0.15) is 239 Å². The van der Waals surface area contributed by atoms with Crippen LogP contribution in [0.5, 0.6) is 0 Å². The van der Waals surface area contributed by atoms with Gasteiger partial charge < -0.3 is 23.8 Å². The maximum atomic E-state index is 12.7. The van der Waals surface area contributed by atoms with Crippen molar-refractivity contribution >= 4 is 17.9 Å². The van der Waals surface area contributed by atoms with E-state index < -0.39 is 18.1 Å². The molecule has 0 aliphatic rings. The Labute approximate surface area is 371 Å². The van der Waals surface area contributed by atoms with Crippen LogP contribution in [-0.2, 0) is 28.6 Å². The molecule has 0 heterocycles. The Morgan fingerprint density at radius 3 is 1.35 bits per heavy atom. The summed E-state index contributed by atoms with van der Waals surface area (Å²) < 4.78 is 17.3. The predicted molar refractivity (Wildman–Crippen MR) is 252 cm³/mol. The summed E-state index contributed by atoms with van der Waals surface area (Å²) in [4.78, 5) is 37.0. The standard InChI is InChI=1S/C52H97NO7/c1-6-8-10-12-14-16-18-20-21-22-23-24-25-26-27-28-29-31-32-34-36-38-40-42-50(54)59-47-48(46-58-45-44-49(52(56)57)53(3,4)5)60-51(55)43-41-39-37-35-33-30-19-17-15-13-11-9-7-2/h30,33,37,39,48-49H,6-29,31-32,34-36,38,40-47H2,1-5H3/p+1/b33-30+,39-37+. The van der Waals surface area contributed by atoms with Crippen molar-refractivity contribution < 1.29 is 38.2 Å². The lowest BCUT2D eigenvalue weighted by atomic mass is 10.0. The number of esters is 2. The molecule has 0 fully saturated rings. The van der Waals surface area contributed by atoms with Crippen LogP contribution < -0.4 is 0 Å². The summed E-state index contributed by atoms with van der Waals surface area (Å²) >= 11 is 0. The van der Waals surface area contributed by atoms with E-state index in [9.17, 15) is 19.5 Å². The lowest BCUT2D eigenvalue weighted by molar-refractivity contribution is -0.887. The van der Waals surface area contributed by atoms with Crippen LogP contribution in [-0.4, -0.2) is 80.6 Å². The third-order valence-electron chi connectivity index (χ3n) is 11.6. The fourth-order valence-corrected chi connectivity index (χ4v) is 7.68. The molecular formula is C52H98NO7+. The van der Waals surface area contributed by atoms with Crippen LogP contribution in [0.3, 0.4) is 0 Å². The van der Waals surface area contributed by atoms with Gasteiger partial charge in [0.05, 0.1) is 34.4 Å². The van der Waals surface area contributed by atoms with Gasteiger partial charge in [0.15, 0.2) is 12.1 Å². The molecule has 0 aliphatic heterocycles. The molecule has 0 rings (SSSR count). The predicted octanol–water partition coefficient (Wildman–Crippen LogP) is 14.4. The molecule has 60 heavy (non-hydrogen) atoms. The average Bonchev–Trinajstić information content (AvgIpc) is 3.21. The van der Waals surface area contributed by atoms with Crippen LogP contribution >= 0.6 is 0 Å². The molecule has 8 heteroatoms. The van der Waals surface area contributed by atoms with E-state index in [2.05, 4.69) is 32.1 Å². The highest BCUT2D eigenvalue weighted by atomic mass is 16.6. The quantitative estimate of drug-likeness (QED) is 0.0282. The molecule has 0 aromatic carbocycles. The number of rotatable bonds is 46. The second kappa shape index (κ2) is 43.5. The van der Waals surface area contributed by atoms with Gasteiger partial charge in [-0.2, -0.15) is 0 Å². The molecule has 0 saturated carbocycles. The lowest BCUT2D eigenvalue weighted by Gasteiger charge is -2.31. The summed E-state index contributed by atoms with van der Waals surface area (Å²) in [5.41, 5.74) is 0. The minimum Gasteiger partial charge on any atom is -0.477 e. The number of hydrogen-bond donors (Lipinski definition) is 1. The molecule has 0 radical (unpaired) electrons. The van der Waals surface area contributed by atoms with Gasteiger partial charge in [-0.05, 0) is 32.1 Å².